The molecule has 1 aliphatic rings. The molecule has 1 N–H and O–H groups in total. The summed E-state index contributed by atoms with van der Waals surface area (Å²) in [5, 5.41) is 4.73. The molecule has 1 saturated heterocycles. The van der Waals surface area contributed by atoms with Gasteiger partial charge in [0.2, 0.25) is 0 Å². The SMILES string of the molecule is FC(c1cc2cc(Cl)ccc2o1)C1CCCNC1. The third-order valence-electron chi connectivity index (χ3n) is 3.52. The van der Waals surface area contributed by atoms with Gasteiger partial charge in [0.05, 0.1) is 0 Å². The molecule has 2 atom stereocenters. The number of alkyl halides is 1. The molecule has 0 saturated carbocycles. The lowest BCUT2D eigenvalue weighted by Crippen LogP contribution is -2.32. The van der Waals surface area contributed by atoms with Gasteiger partial charge in [-0.25, -0.2) is 4.39 Å². The van der Waals surface area contributed by atoms with Gasteiger partial charge in [-0.2, -0.15) is 0 Å². The van der Waals surface area contributed by atoms with Crippen molar-refractivity contribution in [1.82, 2.24) is 5.32 Å². The smallest absolute Gasteiger partial charge is 0.162 e. The minimum Gasteiger partial charge on any atom is -0.458 e. The van der Waals surface area contributed by atoms with Gasteiger partial charge < -0.3 is 9.73 Å². The standard InChI is InChI=1S/C14H15ClFNO/c15-11-3-4-12-10(6-11)7-13(18-12)14(16)9-2-1-5-17-8-9/h3-4,6-7,9,14,17H,1-2,5,8H2. The molecule has 0 radical (unpaired) electrons. The van der Waals surface area contributed by atoms with Crippen molar-refractivity contribution in [2.24, 2.45) is 5.92 Å². The topological polar surface area (TPSA) is 25.2 Å². The van der Waals surface area contributed by atoms with E-state index in [0.717, 1.165) is 31.3 Å². The Morgan fingerprint density at radius 2 is 2.28 bits per heavy atom. The summed E-state index contributed by atoms with van der Waals surface area (Å²) >= 11 is 5.91. The van der Waals surface area contributed by atoms with E-state index in [0.29, 0.717) is 16.4 Å². The summed E-state index contributed by atoms with van der Waals surface area (Å²) in [6.07, 6.45) is 0.896. The Hall–Kier alpha value is -1.06. The van der Waals surface area contributed by atoms with E-state index in [1.165, 1.54) is 0 Å². The second kappa shape index (κ2) is 4.90. The van der Waals surface area contributed by atoms with E-state index in [9.17, 15) is 4.39 Å². The zero-order valence-electron chi connectivity index (χ0n) is 9.96. The number of rotatable bonds is 2. The molecular formula is C14H15ClFNO. The largest absolute Gasteiger partial charge is 0.458 e. The van der Waals surface area contributed by atoms with Crippen molar-refractivity contribution in [3.8, 4) is 0 Å². The van der Waals surface area contributed by atoms with Gasteiger partial charge in [-0.3, -0.25) is 0 Å². The van der Waals surface area contributed by atoms with Gasteiger partial charge >= 0.3 is 0 Å². The van der Waals surface area contributed by atoms with Crippen molar-refractivity contribution in [3.63, 3.8) is 0 Å². The van der Waals surface area contributed by atoms with Crippen LogP contribution in [0.4, 0.5) is 4.39 Å². The first kappa shape index (κ1) is 12.0. The van der Waals surface area contributed by atoms with Gasteiger partial charge in [-0.05, 0) is 43.7 Å². The summed E-state index contributed by atoms with van der Waals surface area (Å²) in [7, 11) is 0. The summed E-state index contributed by atoms with van der Waals surface area (Å²) in [6, 6.07) is 7.11. The second-order valence-corrected chi connectivity index (χ2v) is 5.28. The Morgan fingerprint density at radius 3 is 3.06 bits per heavy atom. The molecule has 0 aliphatic carbocycles. The maximum atomic E-state index is 14.4. The first-order valence-electron chi connectivity index (χ1n) is 6.28. The Bertz CT molecular complexity index is 548. The van der Waals surface area contributed by atoms with Gasteiger partial charge in [0.15, 0.2) is 6.17 Å². The van der Waals surface area contributed by atoms with Crippen molar-refractivity contribution in [3.05, 3.63) is 35.0 Å². The van der Waals surface area contributed by atoms with Crippen molar-refractivity contribution in [2.75, 3.05) is 13.1 Å². The highest BCUT2D eigenvalue weighted by atomic mass is 35.5. The predicted molar refractivity (Wildman–Crippen MR) is 70.7 cm³/mol. The highest BCUT2D eigenvalue weighted by Crippen LogP contribution is 2.34. The summed E-state index contributed by atoms with van der Waals surface area (Å²) in [5.41, 5.74) is 0.695. The zero-order chi connectivity index (χ0) is 12.5. The predicted octanol–water partition coefficient (Wildman–Crippen LogP) is 4.10. The maximum absolute atomic E-state index is 14.4. The minimum absolute atomic E-state index is 0.00906. The van der Waals surface area contributed by atoms with Crippen LogP contribution in [0, 0.1) is 5.92 Å². The van der Waals surface area contributed by atoms with Crippen LogP contribution < -0.4 is 5.32 Å². The fourth-order valence-corrected chi connectivity index (χ4v) is 2.71. The van der Waals surface area contributed by atoms with Crippen LogP contribution in [0.3, 0.4) is 0 Å². The summed E-state index contributed by atoms with van der Waals surface area (Å²) < 4.78 is 20.0. The van der Waals surface area contributed by atoms with Crippen LogP contribution in [0.2, 0.25) is 5.02 Å². The molecule has 1 fully saturated rings. The number of hydrogen-bond acceptors (Lipinski definition) is 2. The molecule has 1 aromatic carbocycles. The average molecular weight is 268 g/mol. The Morgan fingerprint density at radius 1 is 1.39 bits per heavy atom. The molecule has 0 bridgehead atoms. The average Bonchev–Trinajstić information content (AvgIpc) is 2.81. The number of nitrogens with one attached hydrogen (secondary N) is 1. The van der Waals surface area contributed by atoms with Gasteiger partial charge in [-0.1, -0.05) is 11.6 Å². The number of halogens is 2. The van der Waals surface area contributed by atoms with E-state index < -0.39 is 6.17 Å². The lowest BCUT2D eigenvalue weighted by atomic mass is 9.93. The normalized spacial score (nSPS) is 22.2. The van der Waals surface area contributed by atoms with E-state index in [1.54, 1.807) is 24.3 Å². The van der Waals surface area contributed by atoms with Crippen LogP contribution >= 0.6 is 11.6 Å². The molecule has 18 heavy (non-hydrogen) atoms. The highest BCUT2D eigenvalue weighted by molar-refractivity contribution is 6.31. The summed E-state index contributed by atoms with van der Waals surface area (Å²) in [4.78, 5) is 0. The van der Waals surface area contributed by atoms with Crippen molar-refractivity contribution in [1.29, 1.82) is 0 Å². The molecular weight excluding hydrogens is 253 g/mol. The summed E-state index contributed by atoms with van der Waals surface area (Å²) in [5.74, 6) is 0.427. The Labute approximate surface area is 110 Å². The number of piperidine rings is 1. The molecule has 0 amide bonds. The van der Waals surface area contributed by atoms with Crippen LogP contribution in [0.15, 0.2) is 28.7 Å². The van der Waals surface area contributed by atoms with Crippen LogP contribution in [0.5, 0.6) is 0 Å². The maximum Gasteiger partial charge on any atom is 0.162 e. The lowest BCUT2D eigenvalue weighted by molar-refractivity contribution is 0.170. The van der Waals surface area contributed by atoms with Gasteiger partial charge in [-0.15, -0.1) is 0 Å². The molecule has 3 rings (SSSR count). The number of fused-ring (bicyclic) bond motifs is 1. The molecule has 2 heterocycles. The van der Waals surface area contributed by atoms with Gasteiger partial charge in [0.25, 0.3) is 0 Å². The van der Waals surface area contributed by atoms with E-state index in [-0.39, 0.29) is 5.92 Å². The van der Waals surface area contributed by atoms with E-state index in [2.05, 4.69) is 5.32 Å². The molecule has 1 aliphatic heterocycles. The van der Waals surface area contributed by atoms with E-state index in [1.807, 2.05) is 0 Å². The molecule has 1 aromatic heterocycles. The summed E-state index contributed by atoms with van der Waals surface area (Å²) in [6.45, 7) is 1.71. The van der Waals surface area contributed by atoms with Gasteiger partial charge in [0.1, 0.15) is 11.3 Å². The monoisotopic (exact) mass is 267 g/mol. The lowest BCUT2D eigenvalue weighted by Gasteiger charge is -2.24. The van der Waals surface area contributed by atoms with Crippen LogP contribution in [-0.2, 0) is 0 Å². The first-order chi connectivity index (χ1) is 8.74. The second-order valence-electron chi connectivity index (χ2n) is 4.84. The fourth-order valence-electron chi connectivity index (χ4n) is 2.53. The van der Waals surface area contributed by atoms with Crippen molar-refractivity contribution in [2.45, 2.75) is 19.0 Å². The van der Waals surface area contributed by atoms with E-state index in [4.69, 9.17) is 16.0 Å². The molecule has 4 heteroatoms. The first-order valence-corrected chi connectivity index (χ1v) is 6.65. The Kier molecular flexibility index (Phi) is 3.27. The van der Waals surface area contributed by atoms with Gasteiger partial charge in [0, 0.05) is 22.9 Å². The van der Waals surface area contributed by atoms with E-state index >= 15 is 0 Å². The number of benzene rings is 1. The number of furan rings is 1. The number of hydrogen-bond donors (Lipinski definition) is 1. The van der Waals surface area contributed by atoms with Crippen LogP contribution in [0.1, 0.15) is 24.8 Å². The Balaban J connectivity index is 1.88. The fraction of sp³-hybridized carbons (Fsp3) is 0.429. The van der Waals surface area contributed by atoms with Crippen LogP contribution in [0.25, 0.3) is 11.0 Å². The minimum atomic E-state index is -1.04. The molecule has 2 unspecified atom stereocenters. The zero-order valence-corrected chi connectivity index (χ0v) is 10.7. The third-order valence-corrected chi connectivity index (χ3v) is 3.75. The quantitative estimate of drug-likeness (QED) is 0.886. The highest BCUT2D eigenvalue weighted by Gasteiger charge is 2.27. The molecule has 0 spiro atoms. The van der Waals surface area contributed by atoms with Crippen molar-refractivity contribution >= 4 is 22.6 Å². The molecule has 2 nitrogen and oxygen atoms in total. The molecule has 2 aromatic rings. The van der Waals surface area contributed by atoms with Crippen LogP contribution in [-0.4, -0.2) is 13.1 Å². The third kappa shape index (κ3) is 2.25. The van der Waals surface area contributed by atoms with Crippen molar-refractivity contribution < 1.29 is 8.81 Å². The molecule has 96 valence electrons.